The van der Waals surface area contributed by atoms with Gasteiger partial charge in [0.05, 0.1) is 5.39 Å². The Balaban J connectivity index is 2.07. The van der Waals surface area contributed by atoms with Gasteiger partial charge in [-0.15, -0.1) is 11.3 Å². The minimum Gasteiger partial charge on any atom is -0.211 e. The van der Waals surface area contributed by atoms with Crippen molar-refractivity contribution in [3.8, 4) is 11.1 Å². The number of hydrogen-bond acceptors (Lipinski definition) is 4. The fourth-order valence-electron chi connectivity index (χ4n) is 1.98. The molecule has 1 aromatic carbocycles. The van der Waals surface area contributed by atoms with E-state index in [1.807, 2.05) is 24.3 Å². The van der Waals surface area contributed by atoms with Crippen LogP contribution in [0.1, 0.15) is 13.3 Å². The van der Waals surface area contributed by atoms with Crippen molar-refractivity contribution in [2.75, 3.05) is 5.75 Å². The van der Waals surface area contributed by atoms with Crippen molar-refractivity contribution >= 4 is 56.5 Å². The molecule has 0 radical (unpaired) electrons. The molecule has 0 saturated carbocycles. The molecule has 0 fully saturated rings. The highest BCUT2D eigenvalue weighted by atomic mass is 35.5. The van der Waals surface area contributed by atoms with Gasteiger partial charge >= 0.3 is 0 Å². The van der Waals surface area contributed by atoms with Gasteiger partial charge in [-0.2, -0.15) is 0 Å². The number of thioether (sulfide) groups is 1. The molecule has 6 heteroatoms. The predicted molar refractivity (Wildman–Crippen MR) is 93.9 cm³/mol. The van der Waals surface area contributed by atoms with Crippen LogP contribution in [0.5, 0.6) is 0 Å². The summed E-state index contributed by atoms with van der Waals surface area (Å²) < 4.78 is 0. The van der Waals surface area contributed by atoms with Crippen LogP contribution in [0.2, 0.25) is 10.2 Å². The molecule has 0 N–H and O–H groups in total. The highest BCUT2D eigenvalue weighted by Gasteiger charge is 2.14. The number of halogens is 2. The van der Waals surface area contributed by atoms with Crippen molar-refractivity contribution in [1.82, 2.24) is 9.97 Å². The van der Waals surface area contributed by atoms with Gasteiger partial charge in [-0.25, -0.2) is 9.97 Å². The van der Waals surface area contributed by atoms with E-state index in [0.717, 1.165) is 43.7 Å². The maximum absolute atomic E-state index is 6.38. The second-order valence-corrected chi connectivity index (χ2v) is 7.20. The minimum absolute atomic E-state index is 0.518. The lowest BCUT2D eigenvalue weighted by molar-refractivity contribution is 1.00. The van der Waals surface area contributed by atoms with Gasteiger partial charge in [-0.1, -0.05) is 54.0 Å². The van der Waals surface area contributed by atoms with Crippen LogP contribution < -0.4 is 0 Å². The third-order valence-electron chi connectivity index (χ3n) is 2.96. The van der Waals surface area contributed by atoms with Crippen molar-refractivity contribution in [3.05, 3.63) is 39.8 Å². The van der Waals surface area contributed by atoms with Gasteiger partial charge < -0.3 is 0 Å². The monoisotopic (exact) mass is 354 g/mol. The first-order valence-electron chi connectivity index (χ1n) is 6.52. The first kappa shape index (κ1) is 15.1. The molecule has 3 aromatic rings. The Morgan fingerprint density at radius 2 is 1.90 bits per heavy atom. The van der Waals surface area contributed by atoms with E-state index in [-0.39, 0.29) is 0 Å². The molecule has 0 aliphatic rings. The van der Waals surface area contributed by atoms with E-state index >= 15 is 0 Å². The number of fused-ring (bicyclic) bond motifs is 1. The summed E-state index contributed by atoms with van der Waals surface area (Å²) in [6.07, 6.45) is 1.09. The van der Waals surface area contributed by atoms with Gasteiger partial charge in [0.15, 0.2) is 5.16 Å². The van der Waals surface area contributed by atoms with Gasteiger partial charge in [0.1, 0.15) is 9.98 Å². The summed E-state index contributed by atoms with van der Waals surface area (Å²) in [5, 5.41) is 4.98. The summed E-state index contributed by atoms with van der Waals surface area (Å²) in [5.41, 5.74) is 2.13. The van der Waals surface area contributed by atoms with Gasteiger partial charge in [-0.05, 0) is 24.1 Å². The maximum Gasteiger partial charge on any atom is 0.190 e. The number of thiophene rings is 1. The summed E-state index contributed by atoms with van der Waals surface area (Å²) in [6, 6.07) is 7.72. The van der Waals surface area contributed by atoms with Crippen LogP contribution in [-0.2, 0) is 0 Å². The Kier molecular flexibility index (Phi) is 4.69. The van der Waals surface area contributed by atoms with Gasteiger partial charge in [0.2, 0.25) is 0 Å². The molecule has 0 aliphatic heterocycles. The molecular weight excluding hydrogens is 343 g/mol. The molecular formula is C15H12Cl2N2S2. The van der Waals surface area contributed by atoms with Crippen LogP contribution in [0, 0.1) is 0 Å². The quantitative estimate of drug-likeness (QED) is 0.318. The molecule has 0 spiro atoms. The van der Waals surface area contributed by atoms with Gasteiger partial charge in [-0.3, -0.25) is 0 Å². The van der Waals surface area contributed by atoms with Crippen molar-refractivity contribution in [3.63, 3.8) is 0 Å². The molecule has 108 valence electrons. The third-order valence-corrected chi connectivity index (χ3v) is 5.41. The molecule has 0 unspecified atom stereocenters. The van der Waals surface area contributed by atoms with Crippen LogP contribution in [0.4, 0.5) is 0 Å². The van der Waals surface area contributed by atoms with Crippen LogP contribution >= 0.6 is 46.3 Å². The molecule has 0 aliphatic carbocycles. The van der Waals surface area contributed by atoms with E-state index in [1.54, 1.807) is 23.1 Å². The molecule has 2 aromatic heterocycles. The average Bonchev–Trinajstić information content (AvgIpc) is 2.90. The van der Waals surface area contributed by atoms with Crippen LogP contribution in [0.25, 0.3) is 21.3 Å². The second-order valence-electron chi connectivity index (χ2n) is 4.48. The zero-order valence-electron chi connectivity index (χ0n) is 11.3. The molecule has 0 bridgehead atoms. The first-order valence-corrected chi connectivity index (χ1v) is 9.14. The molecule has 2 nitrogen and oxygen atoms in total. The Hall–Kier alpha value is -0.810. The number of benzene rings is 1. The van der Waals surface area contributed by atoms with Gasteiger partial charge in [0.25, 0.3) is 0 Å². The van der Waals surface area contributed by atoms with Crippen molar-refractivity contribution in [1.29, 1.82) is 0 Å². The standard InChI is InChI=1S/C15H12Cl2N2S2/c1-2-7-20-15-18-13(17)12-11(8-21-14(12)19-15)9-3-5-10(16)6-4-9/h3-6,8H,2,7H2,1H3. The fourth-order valence-corrected chi connectivity index (χ4v) is 4.19. The number of aromatic nitrogens is 2. The average molecular weight is 355 g/mol. The Morgan fingerprint density at radius 3 is 2.62 bits per heavy atom. The molecule has 0 atom stereocenters. The van der Waals surface area contributed by atoms with Gasteiger partial charge in [0, 0.05) is 21.7 Å². The summed E-state index contributed by atoms with van der Waals surface area (Å²) in [5.74, 6) is 0.997. The summed E-state index contributed by atoms with van der Waals surface area (Å²) >= 11 is 15.6. The minimum atomic E-state index is 0.518. The number of rotatable bonds is 4. The smallest absolute Gasteiger partial charge is 0.190 e. The van der Waals surface area contributed by atoms with Crippen LogP contribution in [0.15, 0.2) is 34.8 Å². The Labute approximate surface area is 141 Å². The third kappa shape index (κ3) is 3.19. The first-order chi connectivity index (χ1) is 10.2. The lowest BCUT2D eigenvalue weighted by Crippen LogP contribution is -1.89. The lowest BCUT2D eigenvalue weighted by Gasteiger charge is -2.03. The SMILES string of the molecule is CCCSc1nc(Cl)c2c(-c3ccc(Cl)cc3)csc2n1. The van der Waals surface area contributed by atoms with E-state index in [2.05, 4.69) is 22.3 Å². The Bertz CT molecular complexity index is 769. The zero-order chi connectivity index (χ0) is 14.8. The van der Waals surface area contributed by atoms with Crippen LogP contribution in [-0.4, -0.2) is 15.7 Å². The van der Waals surface area contributed by atoms with Crippen molar-refractivity contribution < 1.29 is 0 Å². The molecule has 2 heterocycles. The topological polar surface area (TPSA) is 25.8 Å². The van der Waals surface area contributed by atoms with E-state index < -0.39 is 0 Å². The highest BCUT2D eigenvalue weighted by molar-refractivity contribution is 7.99. The van der Waals surface area contributed by atoms with Crippen molar-refractivity contribution in [2.45, 2.75) is 18.5 Å². The van der Waals surface area contributed by atoms with E-state index in [4.69, 9.17) is 23.2 Å². The Morgan fingerprint density at radius 1 is 1.14 bits per heavy atom. The predicted octanol–water partition coefficient (Wildman–Crippen LogP) is 6.17. The summed E-state index contributed by atoms with van der Waals surface area (Å²) in [4.78, 5) is 9.94. The number of hydrogen-bond donors (Lipinski definition) is 0. The number of nitrogens with zero attached hydrogens (tertiary/aromatic N) is 2. The molecule has 0 saturated heterocycles. The lowest BCUT2D eigenvalue weighted by atomic mass is 10.1. The molecule has 21 heavy (non-hydrogen) atoms. The largest absolute Gasteiger partial charge is 0.211 e. The highest BCUT2D eigenvalue weighted by Crippen LogP contribution is 2.38. The van der Waals surface area contributed by atoms with E-state index in [0.29, 0.717) is 5.15 Å². The van der Waals surface area contributed by atoms with E-state index in [9.17, 15) is 0 Å². The summed E-state index contributed by atoms with van der Waals surface area (Å²) in [6.45, 7) is 2.14. The molecule has 0 amide bonds. The van der Waals surface area contributed by atoms with E-state index in [1.165, 1.54) is 0 Å². The summed E-state index contributed by atoms with van der Waals surface area (Å²) in [7, 11) is 0. The maximum atomic E-state index is 6.38. The van der Waals surface area contributed by atoms with Crippen LogP contribution in [0.3, 0.4) is 0 Å². The normalized spacial score (nSPS) is 11.2. The molecule has 3 rings (SSSR count). The zero-order valence-corrected chi connectivity index (χ0v) is 14.4. The van der Waals surface area contributed by atoms with Crippen molar-refractivity contribution in [2.24, 2.45) is 0 Å². The fraction of sp³-hybridized carbons (Fsp3) is 0.200. The second kappa shape index (κ2) is 6.53.